The van der Waals surface area contributed by atoms with Crippen LogP contribution in [0.15, 0.2) is 29.7 Å². The Kier molecular flexibility index (Phi) is 4.06. The number of imidazole rings is 1. The summed E-state index contributed by atoms with van der Waals surface area (Å²) in [5.74, 6) is 1.63. The first kappa shape index (κ1) is 17.1. The monoisotopic (exact) mass is 371 g/mol. The molecule has 0 spiro atoms. The molecule has 0 aliphatic carbocycles. The van der Waals surface area contributed by atoms with Crippen LogP contribution >= 0.6 is 0 Å². The lowest BCUT2D eigenvalue weighted by atomic mass is 10.2. The second-order valence-electron chi connectivity index (χ2n) is 6.23. The van der Waals surface area contributed by atoms with Crippen molar-refractivity contribution in [1.29, 1.82) is 0 Å². The summed E-state index contributed by atoms with van der Waals surface area (Å²) < 4.78 is 26.2. The normalized spacial score (nSPS) is 12.6. The number of allylic oxidation sites excluding steroid dienone is 1. The van der Waals surface area contributed by atoms with Gasteiger partial charge in [0.05, 0.1) is 12.9 Å². The van der Waals surface area contributed by atoms with Crippen LogP contribution in [0.5, 0.6) is 11.5 Å². The van der Waals surface area contributed by atoms with E-state index in [2.05, 4.69) is 21.9 Å². The van der Waals surface area contributed by atoms with Crippen LogP contribution in [-0.4, -0.2) is 32.6 Å². The van der Waals surface area contributed by atoms with Gasteiger partial charge < -0.3 is 14.8 Å². The number of fused-ring (bicyclic) bond motifs is 2. The van der Waals surface area contributed by atoms with Crippen molar-refractivity contribution < 1.29 is 13.9 Å². The van der Waals surface area contributed by atoms with Crippen molar-refractivity contribution in [2.24, 2.45) is 7.05 Å². The zero-order chi connectivity index (χ0) is 19.1. The maximum Gasteiger partial charge on any atom is 0.334 e. The van der Waals surface area contributed by atoms with Crippen molar-refractivity contribution in [2.45, 2.75) is 13.3 Å². The summed E-state index contributed by atoms with van der Waals surface area (Å²) in [5.41, 5.74) is 2.59. The van der Waals surface area contributed by atoms with E-state index in [1.807, 2.05) is 19.1 Å². The number of nitrogens with one attached hydrogen (secondary N) is 1. The van der Waals surface area contributed by atoms with Crippen LogP contribution in [0.25, 0.3) is 16.9 Å². The van der Waals surface area contributed by atoms with E-state index in [0.717, 1.165) is 11.3 Å². The Morgan fingerprint density at radius 3 is 2.85 bits per heavy atom. The molecule has 1 aliphatic heterocycles. The summed E-state index contributed by atoms with van der Waals surface area (Å²) in [4.78, 5) is 21.2. The molecule has 1 aliphatic rings. The molecule has 3 heterocycles. The fourth-order valence-corrected chi connectivity index (χ4v) is 2.98. The highest BCUT2D eigenvalue weighted by Gasteiger charge is 2.18. The van der Waals surface area contributed by atoms with Crippen molar-refractivity contribution >= 4 is 28.5 Å². The molecule has 0 atom stereocenters. The third-order valence-corrected chi connectivity index (χ3v) is 4.47. The highest BCUT2D eigenvalue weighted by molar-refractivity contribution is 5.77. The Morgan fingerprint density at radius 2 is 2.11 bits per heavy atom. The number of aromatic nitrogens is 4. The number of rotatable bonds is 5. The van der Waals surface area contributed by atoms with Crippen LogP contribution in [-0.2, 0) is 7.05 Å². The first-order valence-electron chi connectivity index (χ1n) is 8.35. The minimum Gasteiger partial charge on any atom is -0.454 e. The van der Waals surface area contributed by atoms with Gasteiger partial charge in [0.1, 0.15) is 5.52 Å². The summed E-state index contributed by atoms with van der Waals surface area (Å²) in [6, 6.07) is 3.68. The minimum atomic E-state index is -0.603. The second kappa shape index (κ2) is 6.42. The Labute approximate surface area is 153 Å². The number of halogens is 1. The largest absolute Gasteiger partial charge is 0.454 e. The molecule has 4 rings (SSSR count). The Hall–Kier alpha value is -3.36. The summed E-state index contributed by atoms with van der Waals surface area (Å²) in [5, 5.41) is 3.13. The fourth-order valence-electron chi connectivity index (χ4n) is 2.98. The molecule has 27 heavy (non-hydrogen) atoms. The lowest BCUT2D eigenvalue weighted by Crippen LogP contribution is -2.21. The molecular weight excluding hydrogens is 353 g/mol. The number of alkyl halides is 1. The van der Waals surface area contributed by atoms with Gasteiger partial charge in [-0.2, -0.15) is 4.98 Å². The number of aryl methyl sites for hydroxylation is 2. The van der Waals surface area contributed by atoms with E-state index in [9.17, 15) is 9.18 Å². The highest BCUT2D eigenvalue weighted by Crippen LogP contribution is 2.37. The van der Waals surface area contributed by atoms with E-state index in [1.165, 1.54) is 9.13 Å². The van der Waals surface area contributed by atoms with Gasteiger partial charge in [-0.05, 0) is 18.6 Å². The molecule has 8 nitrogen and oxygen atoms in total. The Morgan fingerprint density at radius 1 is 1.37 bits per heavy atom. The van der Waals surface area contributed by atoms with E-state index in [0.29, 0.717) is 34.3 Å². The zero-order valence-electron chi connectivity index (χ0n) is 15.0. The van der Waals surface area contributed by atoms with Gasteiger partial charge in [0.2, 0.25) is 12.7 Å². The lowest BCUT2D eigenvalue weighted by molar-refractivity contribution is 0.174. The average molecular weight is 371 g/mol. The van der Waals surface area contributed by atoms with Gasteiger partial charge in [-0.1, -0.05) is 6.58 Å². The number of hydrogen-bond acceptors (Lipinski definition) is 6. The van der Waals surface area contributed by atoms with Crippen LogP contribution in [0.3, 0.4) is 0 Å². The molecule has 1 N–H and O–H groups in total. The summed E-state index contributed by atoms with van der Waals surface area (Å²) in [7, 11) is 1.61. The van der Waals surface area contributed by atoms with Crippen molar-refractivity contribution in [3.05, 3.63) is 41.0 Å². The molecule has 0 fully saturated rings. The van der Waals surface area contributed by atoms with Gasteiger partial charge in [-0.15, -0.1) is 0 Å². The van der Waals surface area contributed by atoms with Crippen LogP contribution in [0, 0.1) is 6.92 Å². The van der Waals surface area contributed by atoms with Gasteiger partial charge in [0, 0.05) is 30.9 Å². The molecule has 0 unspecified atom stereocenters. The molecule has 2 aromatic heterocycles. The SMILES string of the molecule is C=C(CCF)n1c(=O)n(C)c2cnc(Nc3cc4c(cc3C)OCO4)nc21. The standard InChI is InChI=1S/C18H18FN5O3/c1-10-6-14-15(27-9-26-14)7-12(10)21-17-20-8-13-16(22-17)24(11(2)4-5-19)18(25)23(13)3/h6-8H,2,4-5,9H2,1,3H3,(H,20,21,22). The fraction of sp³-hybridized carbons (Fsp3) is 0.278. The molecule has 0 amide bonds. The smallest absolute Gasteiger partial charge is 0.334 e. The van der Waals surface area contributed by atoms with E-state index >= 15 is 0 Å². The predicted octanol–water partition coefficient (Wildman–Crippen LogP) is 2.74. The molecule has 3 aromatic rings. The Bertz CT molecular complexity index is 1120. The lowest BCUT2D eigenvalue weighted by Gasteiger charge is -2.10. The summed E-state index contributed by atoms with van der Waals surface area (Å²) in [6.07, 6.45) is 1.60. The van der Waals surface area contributed by atoms with Crippen LogP contribution in [0.2, 0.25) is 0 Å². The highest BCUT2D eigenvalue weighted by atomic mass is 19.1. The van der Waals surface area contributed by atoms with Crippen molar-refractivity contribution in [3.8, 4) is 11.5 Å². The van der Waals surface area contributed by atoms with Crippen molar-refractivity contribution in [3.63, 3.8) is 0 Å². The Balaban J connectivity index is 1.77. The summed E-state index contributed by atoms with van der Waals surface area (Å²) in [6.45, 7) is 5.31. The molecule has 0 bridgehead atoms. The molecular formula is C18H18FN5O3. The molecule has 9 heteroatoms. The average Bonchev–Trinajstić information content (AvgIpc) is 3.18. The van der Waals surface area contributed by atoms with Crippen molar-refractivity contribution in [2.75, 3.05) is 18.8 Å². The minimum absolute atomic E-state index is 0.0487. The molecule has 0 saturated heterocycles. The molecule has 140 valence electrons. The first-order valence-corrected chi connectivity index (χ1v) is 8.35. The van der Waals surface area contributed by atoms with Crippen LogP contribution < -0.4 is 20.5 Å². The number of hydrogen-bond donors (Lipinski definition) is 1. The van der Waals surface area contributed by atoms with E-state index in [-0.39, 0.29) is 18.9 Å². The molecule has 0 radical (unpaired) electrons. The van der Waals surface area contributed by atoms with Crippen molar-refractivity contribution in [1.82, 2.24) is 19.1 Å². The summed E-state index contributed by atoms with van der Waals surface area (Å²) >= 11 is 0. The van der Waals surface area contributed by atoms with Gasteiger partial charge >= 0.3 is 5.69 Å². The molecule has 1 aromatic carbocycles. The topological polar surface area (TPSA) is 83.2 Å². The predicted molar refractivity (Wildman–Crippen MR) is 99.3 cm³/mol. The maximum atomic E-state index is 12.7. The van der Waals surface area contributed by atoms with Crippen LogP contribution in [0.1, 0.15) is 12.0 Å². The number of anilines is 2. The molecule has 0 saturated carbocycles. The van der Waals surface area contributed by atoms with E-state index in [4.69, 9.17) is 9.47 Å². The quantitative estimate of drug-likeness (QED) is 0.743. The number of nitrogens with zero attached hydrogens (tertiary/aromatic N) is 4. The number of ether oxygens (including phenoxy) is 2. The van der Waals surface area contributed by atoms with Gasteiger partial charge in [-0.3, -0.25) is 8.96 Å². The van der Waals surface area contributed by atoms with E-state index in [1.54, 1.807) is 13.2 Å². The van der Waals surface area contributed by atoms with Crippen LogP contribution in [0.4, 0.5) is 16.0 Å². The zero-order valence-corrected chi connectivity index (χ0v) is 15.0. The van der Waals surface area contributed by atoms with Gasteiger partial charge in [-0.25, -0.2) is 14.3 Å². The second-order valence-corrected chi connectivity index (χ2v) is 6.23. The third-order valence-electron chi connectivity index (χ3n) is 4.47. The van der Waals surface area contributed by atoms with E-state index < -0.39 is 6.67 Å². The van der Waals surface area contributed by atoms with Gasteiger partial charge in [0.25, 0.3) is 0 Å². The first-order chi connectivity index (χ1) is 13.0. The third kappa shape index (κ3) is 2.80. The maximum absolute atomic E-state index is 12.7. The number of benzene rings is 1. The van der Waals surface area contributed by atoms with Gasteiger partial charge in [0.15, 0.2) is 17.1 Å².